The summed E-state index contributed by atoms with van der Waals surface area (Å²) in [6.45, 7) is 6.63. The van der Waals surface area contributed by atoms with E-state index in [9.17, 15) is 0 Å². The highest BCUT2D eigenvalue weighted by molar-refractivity contribution is 5.22. The van der Waals surface area contributed by atoms with Crippen LogP contribution in [0, 0.1) is 12.8 Å². The molecular weight excluding hydrogens is 194 g/mol. The van der Waals surface area contributed by atoms with Crippen molar-refractivity contribution in [2.45, 2.75) is 52.1 Å². The van der Waals surface area contributed by atoms with Gasteiger partial charge < -0.3 is 5.32 Å². The van der Waals surface area contributed by atoms with Crippen molar-refractivity contribution >= 4 is 0 Å². The molecule has 1 aromatic rings. The molecule has 1 unspecified atom stereocenters. The van der Waals surface area contributed by atoms with Gasteiger partial charge in [-0.3, -0.25) is 0 Å². The van der Waals surface area contributed by atoms with Gasteiger partial charge in [-0.15, -0.1) is 0 Å². The largest absolute Gasteiger partial charge is 0.311 e. The normalized spacial score (nSPS) is 17.8. The van der Waals surface area contributed by atoms with Crippen LogP contribution in [0.2, 0.25) is 0 Å². The number of hydrogen-bond donors (Lipinski definition) is 1. The van der Waals surface area contributed by atoms with Crippen LogP contribution in [-0.4, -0.2) is 12.1 Å². The highest BCUT2D eigenvalue weighted by atomic mass is 15.0. The Kier molecular flexibility index (Phi) is 3.65. The highest BCUT2D eigenvalue weighted by Gasteiger charge is 2.31. The van der Waals surface area contributed by atoms with E-state index in [1.165, 1.54) is 30.4 Å². The van der Waals surface area contributed by atoms with Gasteiger partial charge in [-0.25, -0.2) is 0 Å². The Hall–Kier alpha value is -0.820. The molecule has 88 valence electrons. The second-order valence-electron chi connectivity index (χ2n) is 5.46. The maximum Gasteiger partial charge on any atom is 0.0138 e. The van der Waals surface area contributed by atoms with E-state index >= 15 is 0 Å². The summed E-state index contributed by atoms with van der Waals surface area (Å²) in [6.07, 6.45) is 4.01. The monoisotopic (exact) mass is 217 g/mol. The lowest BCUT2D eigenvalue weighted by Crippen LogP contribution is -2.38. The van der Waals surface area contributed by atoms with Gasteiger partial charge in [0.1, 0.15) is 0 Å². The van der Waals surface area contributed by atoms with Crippen molar-refractivity contribution in [3.63, 3.8) is 0 Å². The summed E-state index contributed by atoms with van der Waals surface area (Å²) < 4.78 is 0. The van der Waals surface area contributed by atoms with Crippen LogP contribution in [0.25, 0.3) is 0 Å². The van der Waals surface area contributed by atoms with Gasteiger partial charge in [0.05, 0.1) is 0 Å². The molecule has 0 aromatic heterocycles. The molecule has 0 amide bonds. The molecule has 1 aliphatic rings. The molecular formula is C15H23N. The van der Waals surface area contributed by atoms with E-state index in [1.807, 2.05) is 0 Å². The Morgan fingerprint density at radius 1 is 1.19 bits per heavy atom. The minimum Gasteiger partial charge on any atom is -0.311 e. The molecule has 1 fully saturated rings. The van der Waals surface area contributed by atoms with Gasteiger partial charge in [-0.2, -0.15) is 0 Å². The van der Waals surface area contributed by atoms with Gasteiger partial charge in [0, 0.05) is 12.1 Å². The first-order valence-corrected chi connectivity index (χ1v) is 6.47. The average Bonchev–Trinajstić information content (AvgIpc) is 3.03. The summed E-state index contributed by atoms with van der Waals surface area (Å²) >= 11 is 0. The molecule has 16 heavy (non-hydrogen) atoms. The molecule has 1 heteroatoms. The Labute approximate surface area is 99.3 Å². The van der Waals surface area contributed by atoms with Crippen LogP contribution in [0.15, 0.2) is 24.3 Å². The quantitative estimate of drug-likeness (QED) is 0.798. The van der Waals surface area contributed by atoms with E-state index < -0.39 is 0 Å². The standard InChI is InChI=1S/C15H23N/c1-11(2)16-15(14-8-9-14)10-13-6-4-12(3)5-7-13/h4-7,11,14-16H,8-10H2,1-3H3. The molecule has 2 rings (SSSR count). The second-order valence-corrected chi connectivity index (χ2v) is 5.46. The first-order valence-electron chi connectivity index (χ1n) is 6.47. The van der Waals surface area contributed by atoms with Crippen LogP contribution >= 0.6 is 0 Å². The molecule has 1 aromatic carbocycles. The fraction of sp³-hybridized carbons (Fsp3) is 0.600. The molecule has 0 spiro atoms. The van der Waals surface area contributed by atoms with Gasteiger partial charge in [-0.05, 0) is 37.7 Å². The van der Waals surface area contributed by atoms with E-state index in [-0.39, 0.29) is 0 Å². The van der Waals surface area contributed by atoms with E-state index in [0.717, 1.165) is 5.92 Å². The van der Waals surface area contributed by atoms with Crippen LogP contribution in [0.4, 0.5) is 0 Å². The maximum atomic E-state index is 3.70. The number of aryl methyl sites for hydroxylation is 1. The zero-order chi connectivity index (χ0) is 11.5. The van der Waals surface area contributed by atoms with Crippen molar-refractivity contribution in [2.75, 3.05) is 0 Å². The van der Waals surface area contributed by atoms with Crippen LogP contribution in [-0.2, 0) is 6.42 Å². The van der Waals surface area contributed by atoms with Gasteiger partial charge in [0.2, 0.25) is 0 Å². The third kappa shape index (κ3) is 3.34. The third-order valence-corrected chi connectivity index (χ3v) is 3.31. The van der Waals surface area contributed by atoms with Gasteiger partial charge in [0.15, 0.2) is 0 Å². The highest BCUT2D eigenvalue weighted by Crippen LogP contribution is 2.34. The summed E-state index contributed by atoms with van der Waals surface area (Å²) in [4.78, 5) is 0. The lowest BCUT2D eigenvalue weighted by molar-refractivity contribution is 0.420. The van der Waals surface area contributed by atoms with Gasteiger partial charge in [-0.1, -0.05) is 43.7 Å². The van der Waals surface area contributed by atoms with Crippen molar-refractivity contribution in [3.05, 3.63) is 35.4 Å². The van der Waals surface area contributed by atoms with Crippen LogP contribution in [0.3, 0.4) is 0 Å². The number of hydrogen-bond acceptors (Lipinski definition) is 1. The number of rotatable bonds is 5. The smallest absolute Gasteiger partial charge is 0.0138 e. The molecule has 0 saturated heterocycles. The Morgan fingerprint density at radius 2 is 1.81 bits per heavy atom. The van der Waals surface area contributed by atoms with Crippen LogP contribution in [0.1, 0.15) is 37.8 Å². The topological polar surface area (TPSA) is 12.0 Å². The van der Waals surface area contributed by atoms with Gasteiger partial charge >= 0.3 is 0 Å². The van der Waals surface area contributed by atoms with E-state index in [1.54, 1.807) is 0 Å². The second kappa shape index (κ2) is 5.01. The zero-order valence-corrected chi connectivity index (χ0v) is 10.7. The fourth-order valence-corrected chi connectivity index (χ4v) is 2.27. The molecule has 0 heterocycles. The number of nitrogens with one attached hydrogen (secondary N) is 1. The minimum atomic E-state index is 0.594. The maximum absolute atomic E-state index is 3.70. The van der Waals surface area contributed by atoms with Gasteiger partial charge in [0.25, 0.3) is 0 Å². The average molecular weight is 217 g/mol. The van der Waals surface area contributed by atoms with Crippen molar-refractivity contribution in [3.8, 4) is 0 Å². The van der Waals surface area contributed by atoms with Crippen molar-refractivity contribution in [2.24, 2.45) is 5.92 Å². The zero-order valence-electron chi connectivity index (χ0n) is 10.7. The third-order valence-electron chi connectivity index (χ3n) is 3.31. The molecule has 0 radical (unpaired) electrons. The number of benzene rings is 1. The van der Waals surface area contributed by atoms with Crippen LogP contribution in [0.5, 0.6) is 0 Å². The predicted molar refractivity (Wildman–Crippen MR) is 69.7 cm³/mol. The molecule has 0 bridgehead atoms. The first-order chi connectivity index (χ1) is 7.65. The summed E-state index contributed by atoms with van der Waals surface area (Å²) in [5, 5.41) is 3.70. The van der Waals surface area contributed by atoms with E-state index in [0.29, 0.717) is 12.1 Å². The van der Waals surface area contributed by atoms with Crippen molar-refractivity contribution in [1.82, 2.24) is 5.32 Å². The minimum absolute atomic E-state index is 0.594. The lowest BCUT2D eigenvalue weighted by Gasteiger charge is -2.21. The van der Waals surface area contributed by atoms with Crippen molar-refractivity contribution < 1.29 is 0 Å². The summed E-state index contributed by atoms with van der Waals surface area (Å²) in [6, 6.07) is 10.3. The molecule has 1 nitrogen and oxygen atoms in total. The summed E-state index contributed by atoms with van der Waals surface area (Å²) in [7, 11) is 0. The fourth-order valence-electron chi connectivity index (χ4n) is 2.27. The SMILES string of the molecule is Cc1ccc(CC(NC(C)C)C2CC2)cc1. The molecule has 0 aliphatic heterocycles. The first kappa shape index (κ1) is 11.7. The summed E-state index contributed by atoms with van der Waals surface area (Å²) in [5.41, 5.74) is 2.82. The molecule has 1 saturated carbocycles. The van der Waals surface area contributed by atoms with Crippen molar-refractivity contribution in [1.29, 1.82) is 0 Å². The summed E-state index contributed by atoms with van der Waals surface area (Å²) in [5.74, 6) is 0.920. The molecule has 1 N–H and O–H groups in total. The lowest BCUT2D eigenvalue weighted by atomic mass is 10.0. The molecule has 1 aliphatic carbocycles. The Bertz CT molecular complexity index is 322. The predicted octanol–water partition coefficient (Wildman–Crippen LogP) is 3.31. The Balaban J connectivity index is 1.96. The Morgan fingerprint density at radius 3 is 2.31 bits per heavy atom. The van der Waals surface area contributed by atoms with E-state index in [4.69, 9.17) is 0 Å². The van der Waals surface area contributed by atoms with Crippen LogP contribution < -0.4 is 5.32 Å². The molecule has 1 atom stereocenters. The van der Waals surface area contributed by atoms with E-state index in [2.05, 4.69) is 50.4 Å².